The van der Waals surface area contributed by atoms with Crippen molar-refractivity contribution in [3.63, 3.8) is 0 Å². The van der Waals surface area contributed by atoms with Crippen molar-refractivity contribution in [1.29, 1.82) is 0 Å². The molecule has 0 aromatic carbocycles. The van der Waals surface area contributed by atoms with Gasteiger partial charge in [0.25, 0.3) is 0 Å². The Kier molecular flexibility index (Phi) is 4.81. The summed E-state index contributed by atoms with van der Waals surface area (Å²) >= 11 is 0. The lowest BCUT2D eigenvalue weighted by atomic mass is 9.85. The summed E-state index contributed by atoms with van der Waals surface area (Å²) in [5.74, 6) is 0.954. The maximum absolute atomic E-state index is 6.65. The van der Waals surface area contributed by atoms with E-state index in [1.807, 2.05) is 0 Å². The van der Waals surface area contributed by atoms with Crippen molar-refractivity contribution in [3.05, 3.63) is 0 Å². The molecule has 0 radical (unpaired) electrons. The summed E-state index contributed by atoms with van der Waals surface area (Å²) in [5, 5.41) is 3.69. The molecule has 1 aliphatic heterocycles. The van der Waals surface area contributed by atoms with Gasteiger partial charge in [-0.3, -0.25) is 0 Å². The second kappa shape index (κ2) is 6.58. The molecule has 1 N–H and O–H groups in total. The van der Waals surface area contributed by atoms with E-state index < -0.39 is 0 Å². The molecule has 2 saturated carbocycles. The van der Waals surface area contributed by atoms with Crippen LogP contribution < -0.4 is 5.32 Å². The summed E-state index contributed by atoms with van der Waals surface area (Å²) in [6.07, 6.45) is 17.2. The van der Waals surface area contributed by atoms with Crippen LogP contribution in [-0.2, 0) is 4.74 Å². The summed E-state index contributed by atoms with van der Waals surface area (Å²) in [7, 11) is 0. The number of morpholine rings is 1. The molecule has 3 aliphatic rings. The second-order valence-corrected chi connectivity index (χ2v) is 7.21. The second-order valence-electron chi connectivity index (χ2n) is 7.21. The highest BCUT2D eigenvalue weighted by Gasteiger charge is 2.37. The molecule has 1 saturated heterocycles. The summed E-state index contributed by atoms with van der Waals surface area (Å²) in [6, 6.07) is 0. The number of nitrogens with one attached hydrogen (secondary N) is 1. The highest BCUT2D eigenvalue weighted by atomic mass is 16.5. The third kappa shape index (κ3) is 3.72. The highest BCUT2D eigenvalue weighted by molar-refractivity contribution is 4.91. The number of hydrogen-bond acceptors (Lipinski definition) is 2. The summed E-state index contributed by atoms with van der Waals surface area (Å²) < 4.78 is 6.65. The Morgan fingerprint density at radius 3 is 2.32 bits per heavy atom. The van der Waals surface area contributed by atoms with Gasteiger partial charge in [-0.15, -0.1) is 0 Å². The molecule has 0 amide bonds. The first kappa shape index (κ1) is 13.9. The fourth-order valence-corrected chi connectivity index (χ4v) is 4.49. The zero-order valence-electron chi connectivity index (χ0n) is 12.5. The molecule has 2 aliphatic carbocycles. The Hall–Kier alpha value is -0.0800. The van der Waals surface area contributed by atoms with E-state index in [9.17, 15) is 0 Å². The van der Waals surface area contributed by atoms with Crippen LogP contribution in [0, 0.1) is 5.92 Å². The Morgan fingerprint density at radius 1 is 0.895 bits per heavy atom. The summed E-state index contributed by atoms with van der Waals surface area (Å²) in [5.41, 5.74) is 0.196. The monoisotopic (exact) mass is 265 g/mol. The minimum atomic E-state index is 0.196. The predicted molar refractivity (Wildman–Crippen MR) is 79.4 cm³/mol. The van der Waals surface area contributed by atoms with Gasteiger partial charge in [-0.05, 0) is 25.2 Å². The fourth-order valence-electron chi connectivity index (χ4n) is 4.49. The largest absolute Gasteiger partial charge is 0.369 e. The van der Waals surface area contributed by atoms with Crippen LogP contribution in [0.2, 0.25) is 0 Å². The molecule has 2 nitrogen and oxygen atoms in total. The van der Waals surface area contributed by atoms with Crippen LogP contribution >= 0.6 is 0 Å². The molecule has 1 unspecified atom stereocenters. The van der Waals surface area contributed by atoms with E-state index >= 15 is 0 Å². The number of ether oxygens (including phenoxy) is 1. The van der Waals surface area contributed by atoms with Gasteiger partial charge in [0, 0.05) is 13.1 Å². The first-order valence-electron chi connectivity index (χ1n) is 8.75. The third-order valence-corrected chi connectivity index (χ3v) is 5.57. The molecular formula is C17H31NO. The van der Waals surface area contributed by atoms with Gasteiger partial charge in [0.1, 0.15) is 0 Å². The van der Waals surface area contributed by atoms with Gasteiger partial charge in [0.05, 0.1) is 11.7 Å². The van der Waals surface area contributed by atoms with E-state index in [-0.39, 0.29) is 5.60 Å². The van der Waals surface area contributed by atoms with Gasteiger partial charge >= 0.3 is 0 Å². The van der Waals surface area contributed by atoms with Crippen LogP contribution in [-0.4, -0.2) is 24.8 Å². The molecule has 0 aromatic heterocycles. The standard InChI is InChI=1S/C17H31NO/c1-2-6-10-17(11-7-3-1)14-18-13-16(19-17)12-15-8-4-5-9-15/h15-16,18H,1-14H2. The molecule has 110 valence electrons. The Labute approximate surface area is 118 Å². The third-order valence-electron chi connectivity index (χ3n) is 5.57. The van der Waals surface area contributed by atoms with Crippen molar-refractivity contribution in [2.45, 2.75) is 88.8 Å². The molecule has 0 bridgehead atoms. The van der Waals surface area contributed by atoms with Crippen molar-refractivity contribution in [2.75, 3.05) is 13.1 Å². The SMILES string of the molecule is C1CCCC2(CCC1)CNCC(CC1CCCC1)O2. The average Bonchev–Trinajstić information content (AvgIpc) is 2.88. The Bertz CT molecular complexity index is 264. The topological polar surface area (TPSA) is 21.3 Å². The van der Waals surface area contributed by atoms with Crippen molar-refractivity contribution >= 4 is 0 Å². The van der Waals surface area contributed by atoms with Gasteiger partial charge in [0.15, 0.2) is 0 Å². The maximum Gasteiger partial charge on any atom is 0.0810 e. The van der Waals surface area contributed by atoms with E-state index in [0.717, 1.165) is 19.0 Å². The van der Waals surface area contributed by atoms with Crippen LogP contribution in [0.1, 0.15) is 77.0 Å². The van der Waals surface area contributed by atoms with Gasteiger partial charge < -0.3 is 10.1 Å². The van der Waals surface area contributed by atoms with Gasteiger partial charge in [-0.1, -0.05) is 57.8 Å². The zero-order chi connectivity index (χ0) is 13.0. The molecular weight excluding hydrogens is 234 g/mol. The van der Waals surface area contributed by atoms with Gasteiger partial charge in [0.2, 0.25) is 0 Å². The maximum atomic E-state index is 6.65. The van der Waals surface area contributed by atoms with Gasteiger partial charge in [-0.25, -0.2) is 0 Å². The van der Waals surface area contributed by atoms with E-state index in [1.165, 1.54) is 77.0 Å². The molecule has 1 heterocycles. The van der Waals surface area contributed by atoms with Crippen molar-refractivity contribution in [2.24, 2.45) is 5.92 Å². The molecule has 19 heavy (non-hydrogen) atoms. The predicted octanol–water partition coefficient (Wildman–Crippen LogP) is 4.04. The highest BCUT2D eigenvalue weighted by Crippen LogP contribution is 2.35. The lowest BCUT2D eigenvalue weighted by Gasteiger charge is -2.43. The van der Waals surface area contributed by atoms with Crippen LogP contribution in [0.3, 0.4) is 0 Å². The van der Waals surface area contributed by atoms with Gasteiger partial charge in [-0.2, -0.15) is 0 Å². The Morgan fingerprint density at radius 2 is 1.58 bits per heavy atom. The lowest BCUT2D eigenvalue weighted by molar-refractivity contribution is -0.134. The van der Waals surface area contributed by atoms with Crippen LogP contribution in [0.4, 0.5) is 0 Å². The van der Waals surface area contributed by atoms with E-state index in [2.05, 4.69) is 5.32 Å². The van der Waals surface area contributed by atoms with Crippen LogP contribution in [0.5, 0.6) is 0 Å². The Balaban J connectivity index is 1.55. The first-order valence-corrected chi connectivity index (χ1v) is 8.75. The van der Waals surface area contributed by atoms with Crippen LogP contribution in [0.25, 0.3) is 0 Å². The lowest BCUT2D eigenvalue weighted by Crippen LogP contribution is -2.54. The zero-order valence-corrected chi connectivity index (χ0v) is 12.5. The molecule has 1 atom stereocenters. The van der Waals surface area contributed by atoms with E-state index in [0.29, 0.717) is 6.10 Å². The van der Waals surface area contributed by atoms with E-state index in [1.54, 1.807) is 0 Å². The summed E-state index contributed by atoms with van der Waals surface area (Å²) in [4.78, 5) is 0. The van der Waals surface area contributed by atoms with Crippen molar-refractivity contribution < 1.29 is 4.74 Å². The number of rotatable bonds is 2. The minimum absolute atomic E-state index is 0.196. The quantitative estimate of drug-likeness (QED) is 0.813. The minimum Gasteiger partial charge on any atom is -0.369 e. The normalized spacial score (nSPS) is 33.2. The average molecular weight is 265 g/mol. The van der Waals surface area contributed by atoms with Crippen molar-refractivity contribution in [1.82, 2.24) is 5.32 Å². The molecule has 2 heteroatoms. The first-order chi connectivity index (χ1) is 9.36. The van der Waals surface area contributed by atoms with Crippen molar-refractivity contribution in [3.8, 4) is 0 Å². The van der Waals surface area contributed by atoms with E-state index in [4.69, 9.17) is 4.74 Å². The molecule has 0 aromatic rings. The summed E-state index contributed by atoms with van der Waals surface area (Å²) in [6.45, 7) is 2.20. The number of hydrogen-bond donors (Lipinski definition) is 1. The molecule has 1 spiro atoms. The van der Waals surface area contributed by atoms with Crippen LogP contribution in [0.15, 0.2) is 0 Å². The molecule has 3 fully saturated rings. The smallest absolute Gasteiger partial charge is 0.0810 e. The fraction of sp³-hybridized carbons (Fsp3) is 1.00. The molecule has 3 rings (SSSR count).